The number of sulfonamides is 1. The topological polar surface area (TPSA) is 94.2 Å². The van der Waals surface area contributed by atoms with Gasteiger partial charge in [-0.2, -0.15) is 0 Å². The van der Waals surface area contributed by atoms with Gasteiger partial charge in [-0.1, -0.05) is 18.2 Å². The van der Waals surface area contributed by atoms with Crippen molar-refractivity contribution in [1.82, 2.24) is 4.90 Å². The first-order valence-electron chi connectivity index (χ1n) is 10.4. The van der Waals surface area contributed by atoms with Crippen LogP contribution in [0.1, 0.15) is 10.4 Å². The number of hydrogen-bond donors (Lipinski definition) is 1. The van der Waals surface area contributed by atoms with Gasteiger partial charge in [-0.15, -0.1) is 0 Å². The molecule has 0 saturated carbocycles. The molecule has 1 fully saturated rings. The lowest BCUT2D eigenvalue weighted by Gasteiger charge is -2.27. The zero-order chi connectivity index (χ0) is 23.3. The van der Waals surface area contributed by atoms with E-state index in [0.717, 1.165) is 0 Å². The van der Waals surface area contributed by atoms with Gasteiger partial charge in [0.05, 0.1) is 30.8 Å². The number of nitrogens with zero attached hydrogens (tertiary/aromatic N) is 1. The van der Waals surface area contributed by atoms with E-state index in [4.69, 9.17) is 14.2 Å². The average molecular weight is 469 g/mol. The summed E-state index contributed by atoms with van der Waals surface area (Å²) in [6, 6.07) is 20.1. The third kappa shape index (κ3) is 5.44. The van der Waals surface area contributed by atoms with Gasteiger partial charge in [-0.25, -0.2) is 8.42 Å². The van der Waals surface area contributed by atoms with Crippen molar-refractivity contribution >= 4 is 21.6 Å². The number of hydrogen-bond acceptors (Lipinski definition) is 6. The van der Waals surface area contributed by atoms with Crippen molar-refractivity contribution in [3.8, 4) is 17.2 Å². The molecule has 33 heavy (non-hydrogen) atoms. The summed E-state index contributed by atoms with van der Waals surface area (Å²) in [6.45, 7) is 1.76. The Labute approximate surface area is 192 Å². The van der Waals surface area contributed by atoms with Gasteiger partial charge in [-0.3, -0.25) is 9.52 Å². The number of ether oxygens (including phenoxy) is 3. The summed E-state index contributed by atoms with van der Waals surface area (Å²) in [5.41, 5.74) is 0.557. The van der Waals surface area contributed by atoms with Gasteiger partial charge in [0.2, 0.25) is 0 Å². The Morgan fingerprint density at radius 1 is 0.939 bits per heavy atom. The van der Waals surface area contributed by atoms with E-state index >= 15 is 0 Å². The highest BCUT2D eigenvalue weighted by molar-refractivity contribution is 7.92. The minimum Gasteiger partial charge on any atom is -0.496 e. The lowest BCUT2D eigenvalue weighted by atomic mass is 10.1. The highest BCUT2D eigenvalue weighted by atomic mass is 32.2. The quantitative estimate of drug-likeness (QED) is 0.568. The van der Waals surface area contributed by atoms with Gasteiger partial charge >= 0.3 is 0 Å². The number of methoxy groups -OCH3 is 1. The van der Waals surface area contributed by atoms with Crippen LogP contribution in [0.3, 0.4) is 0 Å². The Balaban J connectivity index is 1.52. The van der Waals surface area contributed by atoms with Crippen LogP contribution in [-0.4, -0.2) is 52.6 Å². The molecule has 1 amide bonds. The van der Waals surface area contributed by atoms with Gasteiger partial charge in [0.25, 0.3) is 15.9 Å². The first-order chi connectivity index (χ1) is 16.0. The molecule has 0 aromatic heterocycles. The Kier molecular flexibility index (Phi) is 6.81. The van der Waals surface area contributed by atoms with Gasteiger partial charge in [-0.05, 0) is 54.6 Å². The summed E-state index contributed by atoms with van der Waals surface area (Å²) in [4.78, 5) is 14.5. The number of nitrogens with one attached hydrogen (secondary N) is 1. The maximum absolute atomic E-state index is 13.0. The Morgan fingerprint density at radius 3 is 2.27 bits per heavy atom. The molecular weight excluding hydrogens is 444 g/mol. The number of amides is 1. The molecule has 172 valence electrons. The molecule has 0 aliphatic carbocycles. The smallest absolute Gasteiger partial charge is 0.261 e. The van der Waals surface area contributed by atoms with E-state index in [0.29, 0.717) is 49.2 Å². The largest absolute Gasteiger partial charge is 0.496 e. The number of rotatable bonds is 7. The second-order valence-electron chi connectivity index (χ2n) is 7.31. The van der Waals surface area contributed by atoms with E-state index in [1.165, 1.54) is 25.3 Å². The normalized spacial score (nSPS) is 13.9. The van der Waals surface area contributed by atoms with Crippen LogP contribution in [0.4, 0.5) is 5.69 Å². The predicted molar refractivity (Wildman–Crippen MR) is 123 cm³/mol. The predicted octanol–water partition coefficient (Wildman–Crippen LogP) is 3.76. The van der Waals surface area contributed by atoms with E-state index in [9.17, 15) is 13.2 Å². The summed E-state index contributed by atoms with van der Waals surface area (Å²) in [7, 11) is -2.50. The zero-order valence-corrected chi connectivity index (χ0v) is 18.9. The van der Waals surface area contributed by atoms with Crippen LogP contribution >= 0.6 is 0 Å². The molecule has 1 saturated heterocycles. The summed E-state index contributed by atoms with van der Waals surface area (Å²) < 4.78 is 44.9. The second kappa shape index (κ2) is 9.93. The van der Waals surface area contributed by atoms with E-state index < -0.39 is 10.0 Å². The zero-order valence-electron chi connectivity index (χ0n) is 18.1. The molecule has 0 bridgehead atoms. The van der Waals surface area contributed by atoms with Crippen molar-refractivity contribution in [2.75, 3.05) is 38.1 Å². The summed E-state index contributed by atoms with van der Waals surface area (Å²) in [5, 5.41) is 0. The minimum atomic E-state index is -3.94. The molecule has 1 N–H and O–H groups in total. The third-order valence-corrected chi connectivity index (χ3v) is 6.47. The molecule has 3 aromatic carbocycles. The molecule has 4 rings (SSSR count). The first-order valence-corrected chi connectivity index (χ1v) is 11.9. The monoisotopic (exact) mass is 468 g/mol. The standard InChI is InChI=1S/C24H24N2O6S/c1-30-23-12-11-21(17-22(23)24(27)26-13-15-31-16-14-26)33(28,29)25-18-7-9-20(10-8-18)32-19-5-3-2-4-6-19/h2-12,17,25H,13-16H2,1H3. The fourth-order valence-corrected chi connectivity index (χ4v) is 4.47. The van der Waals surface area contributed by atoms with Crippen LogP contribution in [0, 0.1) is 0 Å². The number of carbonyl (C=O) groups excluding carboxylic acids is 1. The summed E-state index contributed by atoms with van der Waals surface area (Å²) >= 11 is 0. The molecule has 0 atom stereocenters. The molecule has 3 aromatic rings. The molecule has 1 aliphatic rings. The third-order valence-electron chi connectivity index (χ3n) is 5.10. The number of para-hydroxylation sites is 1. The first kappa shape index (κ1) is 22.6. The van der Waals surface area contributed by atoms with Gasteiger partial charge in [0, 0.05) is 18.8 Å². The van der Waals surface area contributed by atoms with Crippen LogP contribution in [0.25, 0.3) is 0 Å². The van der Waals surface area contributed by atoms with Crippen molar-refractivity contribution in [3.05, 3.63) is 78.4 Å². The number of anilines is 1. The summed E-state index contributed by atoms with van der Waals surface area (Å²) in [6.07, 6.45) is 0. The van der Waals surface area contributed by atoms with Crippen LogP contribution in [-0.2, 0) is 14.8 Å². The van der Waals surface area contributed by atoms with Crippen LogP contribution in [0.2, 0.25) is 0 Å². The average Bonchev–Trinajstić information content (AvgIpc) is 2.85. The van der Waals surface area contributed by atoms with Gasteiger partial charge < -0.3 is 19.1 Å². The minimum absolute atomic E-state index is 0.0375. The van der Waals surface area contributed by atoms with E-state index in [2.05, 4.69) is 4.72 Å². The molecule has 0 unspecified atom stereocenters. The van der Waals surface area contributed by atoms with Crippen LogP contribution < -0.4 is 14.2 Å². The molecular formula is C24H24N2O6S. The van der Waals surface area contributed by atoms with Crippen LogP contribution in [0.5, 0.6) is 17.2 Å². The maximum Gasteiger partial charge on any atom is 0.261 e. The van der Waals surface area contributed by atoms with Crippen molar-refractivity contribution < 1.29 is 27.4 Å². The fraction of sp³-hybridized carbons (Fsp3) is 0.208. The van der Waals surface area contributed by atoms with Crippen molar-refractivity contribution in [2.45, 2.75) is 4.90 Å². The Bertz CT molecular complexity index is 1210. The second-order valence-corrected chi connectivity index (χ2v) is 8.99. The van der Waals surface area contributed by atoms with Gasteiger partial charge in [0.15, 0.2) is 0 Å². The highest BCUT2D eigenvalue weighted by Crippen LogP contribution is 2.27. The lowest BCUT2D eigenvalue weighted by Crippen LogP contribution is -2.40. The van der Waals surface area contributed by atoms with Crippen molar-refractivity contribution in [3.63, 3.8) is 0 Å². The number of morpholine rings is 1. The van der Waals surface area contributed by atoms with Crippen LogP contribution in [0.15, 0.2) is 77.7 Å². The van der Waals surface area contributed by atoms with Crippen molar-refractivity contribution in [2.24, 2.45) is 0 Å². The molecule has 0 radical (unpaired) electrons. The molecule has 9 heteroatoms. The molecule has 1 aliphatic heterocycles. The molecule has 1 heterocycles. The number of carbonyl (C=O) groups is 1. The van der Waals surface area contributed by atoms with Crippen molar-refractivity contribution in [1.29, 1.82) is 0 Å². The maximum atomic E-state index is 13.0. The summed E-state index contributed by atoms with van der Waals surface area (Å²) in [5.74, 6) is 1.27. The molecule has 8 nitrogen and oxygen atoms in total. The van der Waals surface area contributed by atoms with Gasteiger partial charge in [0.1, 0.15) is 17.2 Å². The lowest BCUT2D eigenvalue weighted by molar-refractivity contribution is 0.0300. The Hall–Kier alpha value is -3.56. The SMILES string of the molecule is COc1ccc(S(=O)(=O)Nc2ccc(Oc3ccccc3)cc2)cc1C(=O)N1CCOCC1. The fourth-order valence-electron chi connectivity index (χ4n) is 3.39. The van der Waals surface area contributed by atoms with E-state index in [-0.39, 0.29) is 16.4 Å². The molecule has 0 spiro atoms. The van der Waals surface area contributed by atoms with E-state index in [1.54, 1.807) is 29.2 Å². The highest BCUT2D eigenvalue weighted by Gasteiger charge is 2.24. The Morgan fingerprint density at radius 2 is 1.61 bits per heavy atom. The number of benzene rings is 3. The van der Waals surface area contributed by atoms with E-state index in [1.807, 2.05) is 30.3 Å².